The minimum Gasteiger partial charge on any atom is -0.299 e. The lowest BCUT2D eigenvalue weighted by Gasteiger charge is -2.32. The van der Waals surface area contributed by atoms with Crippen molar-refractivity contribution in [2.45, 2.75) is 44.2 Å². The summed E-state index contributed by atoms with van der Waals surface area (Å²) < 4.78 is 25.6. The molecule has 1 aliphatic heterocycles. The van der Waals surface area contributed by atoms with Gasteiger partial charge in [-0.25, -0.2) is 8.42 Å². The Morgan fingerprint density at radius 3 is 2.92 bits per heavy atom. The largest absolute Gasteiger partial charge is 0.299 e. The molecular weight excluding hydrogens is 326 g/mol. The van der Waals surface area contributed by atoms with Gasteiger partial charge in [-0.2, -0.15) is 10.2 Å². The Balaban J connectivity index is 1.63. The van der Waals surface area contributed by atoms with Gasteiger partial charge >= 0.3 is 0 Å². The molecular formula is C16H25N5O2S. The van der Waals surface area contributed by atoms with Gasteiger partial charge in [0.15, 0.2) is 9.84 Å². The summed E-state index contributed by atoms with van der Waals surface area (Å²) >= 11 is 0. The molecule has 1 N–H and O–H groups in total. The molecule has 3 rings (SSSR count). The molecule has 7 nitrogen and oxygen atoms in total. The van der Waals surface area contributed by atoms with Crippen LogP contribution in [0.3, 0.4) is 0 Å². The summed E-state index contributed by atoms with van der Waals surface area (Å²) in [4.78, 5) is 2.77. The minimum absolute atomic E-state index is 0.337. The number of aromatic nitrogens is 4. The smallest absolute Gasteiger partial charge is 0.178 e. The van der Waals surface area contributed by atoms with Crippen LogP contribution < -0.4 is 0 Å². The van der Waals surface area contributed by atoms with Crippen molar-refractivity contribution in [2.24, 2.45) is 5.92 Å². The van der Waals surface area contributed by atoms with Crippen molar-refractivity contribution in [2.75, 3.05) is 19.3 Å². The predicted octanol–water partition coefficient (Wildman–Crippen LogP) is 1.48. The van der Waals surface area contributed by atoms with Crippen molar-refractivity contribution in [1.29, 1.82) is 0 Å². The Morgan fingerprint density at radius 2 is 2.21 bits per heavy atom. The molecule has 1 saturated heterocycles. The van der Waals surface area contributed by atoms with Crippen LogP contribution in [0.5, 0.6) is 0 Å². The molecule has 1 fully saturated rings. The summed E-state index contributed by atoms with van der Waals surface area (Å²) in [5.41, 5.74) is 1.97. The Morgan fingerprint density at radius 1 is 1.38 bits per heavy atom. The number of aryl methyl sites for hydroxylation is 1. The molecule has 0 radical (unpaired) electrons. The van der Waals surface area contributed by atoms with Gasteiger partial charge in [0.1, 0.15) is 4.90 Å². The maximum atomic E-state index is 11.8. The molecule has 2 aromatic rings. The number of piperidine rings is 1. The average molecular weight is 351 g/mol. The molecule has 0 amide bonds. The Labute approximate surface area is 143 Å². The highest BCUT2D eigenvalue weighted by Gasteiger charge is 2.24. The monoisotopic (exact) mass is 351 g/mol. The second-order valence-corrected chi connectivity index (χ2v) is 8.62. The van der Waals surface area contributed by atoms with Crippen molar-refractivity contribution in [1.82, 2.24) is 24.9 Å². The van der Waals surface area contributed by atoms with Crippen LogP contribution in [0.4, 0.5) is 0 Å². The summed E-state index contributed by atoms with van der Waals surface area (Å²) in [6.07, 6.45) is 9.67. The molecule has 2 aromatic heterocycles. The van der Waals surface area contributed by atoms with E-state index in [4.69, 9.17) is 0 Å². The number of rotatable bonds is 6. The van der Waals surface area contributed by atoms with Crippen molar-refractivity contribution in [3.8, 4) is 0 Å². The first-order valence-electron chi connectivity index (χ1n) is 8.41. The van der Waals surface area contributed by atoms with Crippen LogP contribution in [0.1, 0.15) is 31.0 Å². The van der Waals surface area contributed by atoms with Crippen molar-refractivity contribution in [3.05, 3.63) is 29.8 Å². The lowest BCUT2D eigenvalue weighted by Crippen LogP contribution is -2.35. The van der Waals surface area contributed by atoms with Crippen LogP contribution in [0.2, 0.25) is 0 Å². The summed E-state index contributed by atoms with van der Waals surface area (Å²) in [7, 11) is -3.22. The zero-order valence-electron chi connectivity index (χ0n) is 14.3. The number of likely N-dealkylation sites (tertiary alicyclic amines) is 1. The van der Waals surface area contributed by atoms with E-state index in [1.54, 1.807) is 0 Å². The van der Waals surface area contributed by atoms with E-state index in [2.05, 4.69) is 33.3 Å². The van der Waals surface area contributed by atoms with E-state index in [9.17, 15) is 8.42 Å². The number of nitrogens with one attached hydrogen (secondary N) is 1. The standard InChI is InChI=1S/C16H25N5O2S/c1-3-21-12-14(8-18-21)11-20-6-4-5-13(10-20)7-15-16(9-17-19-15)24(2,22)23/h8-9,12-13H,3-7,10-11H2,1-2H3,(H,17,19). The van der Waals surface area contributed by atoms with E-state index < -0.39 is 9.84 Å². The van der Waals surface area contributed by atoms with Crippen LogP contribution in [-0.2, 0) is 29.3 Å². The van der Waals surface area contributed by atoms with Gasteiger partial charge in [-0.1, -0.05) is 0 Å². The molecule has 132 valence electrons. The van der Waals surface area contributed by atoms with E-state index in [1.165, 1.54) is 18.0 Å². The molecule has 1 unspecified atom stereocenters. The van der Waals surface area contributed by atoms with E-state index >= 15 is 0 Å². The van der Waals surface area contributed by atoms with Gasteiger partial charge < -0.3 is 0 Å². The SMILES string of the molecule is CCn1cc(CN2CCCC(Cc3[nH]ncc3S(C)(=O)=O)C2)cn1. The Kier molecular flexibility index (Phi) is 5.05. The highest BCUT2D eigenvalue weighted by Crippen LogP contribution is 2.24. The maximum Gasteiger partial charge on any atom is 0.178 e. The third kappa shape index (κ3) is 4.05. The fourth-order valence-electron chi connectivity index (χ4n) is 3.44. The van der Waals surface area contributed by atoms with Gasteiger partial charge in [0.05, 0.1) is 18.1 Å². The van der Waals surface area contributed by atoms with E-state index in [-0.39, 0.29) is 0 Å². The van der Waals surface area contributed by atoms with Gasteiger partial charge in [0.25, 0.3) is 0 Å². The topological polar surface area (TPSA) is 83.9 Å². The van der Waals surface area contributed by atoms with E-state index in [0.29, 0.717) is 10.8 Å². The molecule has 0 spiro atoms. The van der Waals surface area contributed by atoms with Crippen LogP contribution >= 0.6 is 0 Å². The summed E-state index contributed by atoms with van der Waals surface area (Å²) in [6.45, 7) is 5.92. The van der Waals surface area contributed by atoms with Crippen LogP contribution in [-0.4, -0.2) is 52.6 Å². The highest BCUT2D eigenvalue weighted by atomic mass is 32.2. The van der Waals surface area contributed by atoms with E-state index in [1.807, 2.05) is 10.9 Å². The van der Waals surface area contributed by atoms with Crippen molar-refractivity contribution in [3.63, 3.8) is 0 Å². The number of H-pyrrole nitrogens is 1. The zero-order chi connectivity index (χ0) is 17.2. The number of hydrogen-bond acceptors (Lipinski definition) is 5. The first kappa shape index (κ1) is 17.2. The van der Waals surface area contributed by atoms with Gasteiger partial charge in [0.2, 0.25) is 0 Å². The Bertz CT molecular complexity index is 780. The lowest BCUT2D eigenvalue weighted by atomic mass is 9.93. The molecule has 0 aliphatic carbocycles. The number of nitrogens with zero attached hydrogens (tertiary/aromatic N) is 4. The molecule has 1 aliphatic rings. The second kappa shape index (κ2) is 7.06. The molecule has 0 aromatic carbocycles. The zero-order valence-corrected chi connectivity index (χ0v) is 15.1. The molecule has 0 saturated carbocycles. The third-order valence-corrected chi connectivity index (χ3v) is 5.74. The number of sulfone groups is 1. The van der Waals surface area contributed by atoms with Gasteiger partial charge in [-0.15, -0.1) is 0 Å². The average Bonchev–Trinajstić information content (AvgIpc) is 3.16. The number of hydrogen-bond donors (Lipinski definition) is 1. The van der Waals surface area contributed by atoms with Crippen LogP contribution in [0.15, 0.2) is 23.5 Å². The fourth-order valence-corrected chi connectivity index (χ4v) is 4.26. The van der Waals surface area contributed by atoms with Crippen molar-refractivity contribution < 1.29 is 8.42 Å². The van der Waals surface area contributed by atoms with Gasteiger partial charge in [-0.05, 0) is 38.6 Å². The fraction of sp³-hybridized carbons (Fsp3) is 0.625. The highest BCUT2D eigenvalue weighted by molar-refractivity contribution is 7.90. The molecule has 3 heterocycles. The normalized spacial score (nSPS) is 19.7. The van der Waals surface area contributed by atoms with Crippen LogP contribution in [0, 0.1) is 5.92 Å². The second-order valence-electron chi connectivity index (χ2n) is 6.64. The van der Waals surface area contributed by atoms with Gasteiger partial charge in [-0.3, -0.25) is 14.7 Å². The Hall–Kier alpha value is -1.67. The van der Waals surface area contributed by atoms with E-state index in [0.717, 1.165) is 51.1 Å². The molecule has 24 heavy (non-hydrogen) atoms. The minimum atomic E-state index is -3.22. The number of aromatic amines is 1. The third-order valence-electron chi connectivity index (χ3n) is 4.59. The quantitative estimate of drug-likeness (QED) is 0.852. The first-order chi connectivity index (χ1) is 11.5. The summed E-state index contributed by atoms with van der Waals surface area (Å²) in [5, 5.41) is 11.1. The molecule has 8 heteroatoms. The molecule has 1 atom stereocenters. The van der Waals surface area contributed by atoms with Crippen LogP contribution in [0.25, 0.3) is 0 Å². The van der Waals surface area contributed by atoms with Gasteiger partial charge in [0, 0.05) is 37.7 Å². The first-order valence-corrected chi connectivity index (χ1v) is 10.3. The maximum absolute atomic E-state index is 11.8. The predicted molar refractivity (Wildman–Crippen MR) is 91.3 cm³/mol. The summed E-state index contributed by atoms with van der Waals surface area (Å²) in [6, 6.07) is 0. The molecule has 0 bridgehead atoms. The van der Waals surface area contributed by atoms with Crippen molar-refractivity contribution >= 4 is 9.84 Å². The summed E-state index contributed by atoms with van der Waals surface area (Å²) in [5.74, 6) is 0.445. The lowest BCUT2D eigenvalue weighted by molar-refractivity contribution is 0.166.